The molecule has 0 saturated heterocycles. The van der Waals surface area contributed by atoms with Gasteiger partial charge >= 0.3 is 0 Å². The predicted octanol–water partition coefficient (Wildman–Crippen LogP) is 3.97. The fourth-order valence-electron chi connectivity index (χ4n) is 1.31. The Hall–Kier alpha value is -0.480. The summed E-state index contributed by atoms with van der Waals surface area (Å²) >= 11 is 17.6. The first-order valence-electron chi connectivity index (χ1n) is 5.58. The molecule has 18 heavy (non-hydrogen) atoms. The molecule has 0 aromatic heterocycles. The highest BCUT2D eigenvalue weighted by Crippen LogP contribution is 2.32. The number of amides is 1. The number of hydrogen-bond acceptors (Lipinski definition) is 2. The van der Waals surface area contributed by atoms with Crippen molar-refractivity contribution in [3.8, 4) is 0 Å². The van der Waals surface area contributed by atoms with Gasteiger partial charge in [-0.2, -0.15) is 0 Å². The van der Waals surface area contributed by atoms with Crippen LogP contribution in [0.2, 0.25) is 15.1 Å². The van der Waals surface area contributed by atoms with Crippen LogP contribution in [0.15, 0.2) is 12.1 Å². The maximum Gasteiger partial charge on any atom is 0.225 e. The van der Waals surface area contributed by atoms with E-state index in [0.29, 0.717) is 39.8 Å². The molecule has 0 aliphatic heterocycles. The second-order valence-corrected chi connectivity index (χ2v) is 5.37. The van der Waals surface area contributed by atoms with E-state index < -0.39 is 0 Å². The molecule has 1 aromatic rings. The van der Waals surface area contributed by atoms with E-state index in [4.69, 9.17) is 34.8 Å². The van der Waals surface area contributed by atoms with Crippen LogP contribution in [0.5, 0.6) is 0 Å². The highest BCUT2D eigenvalue weighted by Gasteiger charge is 2.09. The Morgan fingerprint density at radius 2 is 1.78 bits per heavy atom. The second kappa shape index (κ2) is 7.19. The molecule has 1 aromatic carbocycles. The van der Waals surface area contributed by atoms with Gasteiger partial charge in [-0.15, -0.1) is 0 Å². The third-order valence-corrected chi connectivity index (χ3v) is 3.22. The molecule has 0 unspecified atom stereocenters. The minimum absolute atomic E-state index is 0.122. The number of halogens is 3. The molecule has 0 heterocycles. The largest absolute Gasteiger partial charge is 0.325 e. The maximum absolute atomic E-state index is 11.7. The first-order chi connectivity index (χ1) is 8.40. The minimum Gasteiger partial charge on any atom is -0.325 e. The standard InChI is InChI=1S/C12H15Cl3N2O/c1-7(2)16-4-3-12(18)17-11-6-9(14)8(13)5-10(11)15/h5-7,16H,3-4H2,1-2H3,(H,17,18). The lowest BCUT2D eigenvalue weighted by molar-refractivity contribution is -0.116. The Bertz CT molecular complexity index is 436. The van der Waals surface area contributed by atoms with E-state index in [-0.39, 0.29) is 5.91 Å². The minimum atomic E-state index is -0.122. The second-order valence-electron chi connectivity index (χ2n) is 4.15. The molecule has 1 rings (SSSR count). The molecule has 0 atom stereocenters. The average molecular weight is 310 g/mol. The lowest BCUT2D eigenvalue weighted by atomic mass is 10.3. The topological polar surface area (TPSA) is 41.1 Å². The molecule has 0 saturated carbocycles. The van der Waals surface area contributed by atoms with Crippen molar-refractivity contribution in [2.75, 3.05) is 11.9 Å². The number of benzene rings is 1. The van der Waals surface area contributed by atoms with Gasteiger partial charge in [0.25, 0.3) is 0 Å². The van der Waals surface area contributed by atoms with Gasteiger partial charge in [0.2, 0.25) is 5.91 Å². The number of anilines is 1. The average Bonchev–Trinajstić information content (AvgIpc) is 2.25. The van der Waals surface area contributed by atoms with E-state index in [1.807, 2.05) is 13.8 Å². The number of rotatable bonds is 5. The molecule has 0 spiro atoms. The van der Waals surface area contributed by atoms with Gasteiger partial charge in [0.1, 0.15) is 0 Å². The molecule has 0 radical (unpaired) electrons. The summed E-state index contributed by atoms with van der Waals surface area (Å²) in [5, 5.41) is 6.94. The zero-order chi connectivity index (χ0) is 13.7. The van der Waals surface area contributed by atoms with Crippen LogP contribution in [0.1, 0.15) is 20.3 Å². The summed E-state index contributed by atoms with van der Waals surface area (Å²) < 4.78 is 0. The highest BCUT2D eigenvalue weighted by atomic mass is 35.5. The number of hydrogen-bond donors (Lipinski definition) is 2. The lowest BCUT2D eigenvalue weighted by Crippen LogP contribution is -2.27. The molecule has 100 valence electrons. The van der Waals surface area contributed by atoms with Crippen molar-refractivity contribution >= 4 is 46.4 Å². The Balaban J connectivity index is 2.57. The normalized spacial score (nSPS) is 10.8. The van der Waals surface area contributed by atoms with E-state index in [1.165, 1.54) is 6.07 Å². The summed E-state index contributed by atoms with van der Waals surface area (Å²) in [6, 6.07) is 3.40. The van der Waals surface area contributed by atoms with E-state index in [9.17, 15) is 4.79 Å². The molecule has 0 fully saturated rings. The summed E-state index contributed by atoms with van der Waals surface area (Å²) in [4.78, 5) is 11.7. The third kappa shape index (κ3) is 5.02. The molecule has 0 bridgehead atoms. The zero-order valence-corrected chi connectivity index (χ0v) is 12.5. The Labute approximate surface area is 122 Å². The van der Waals surface area contributed by atoms with Gasteiger partial charge in [0, 0.05) is 19.0 Å². The quantitative estimate of drug-likeness (QED) is 0.808. The van der Waals surface area contributed by atoms with Crippen molar-refractivity contribution in [1.29, 1.82) is 0 Å². The van der Waals surface area contributed by atoms with Crippen LogP contribution in [0, 0.1) is 0 Å². The van der Waals surface area contributed by atoms with Crippen LogP contribution in [0.25, 0.3) is 0 Å². The van der Waals surface area contributed by atoms with E-state index in [2.05, 4.69) is 10.6 Å². The van der Waals surface area contributed by atoms with Gasteiger partial charge in [-0.25, -0.2) is 0 Å². The fourth-order valence-corrected chi connectivity index (χ4v) is 1.90. The van der Waals surface area contributed by atoms with Crippen LogP contribution >= 0.6 is 34.8 Å². The molecule has 0 aliphatic carbocycles. The predicted molar refractivity (Wildman–Crippen MR) is 77.9 cm³/mol. The van der Waals surface area contributed by atoms with Crippen LogP contribution in [-0.2, 0) is 4.79 Å². The summed E-state index contributed by atoms with van der Waals surface area (Å²) in [5.74, 6) is -0.122. The van der Waals surface area contributed by atoms with Gasteiger partial charge in [-0.3, -0.25) is 4.79 Å². The first-order valence-corrected chi connectivity index (χ1v) is 6.71. The van der Waals surface area contributed by atoms with Gasteiger partial charge < -0.3 is 10.6 Å². The van der Waals surface area contributed by atoms with Gasteiger partial charge in [0.15, 0.2) is 0 Å². The van der Waals surface area contributed by atoms with Gasteiger partial charge in [0.05, 0.1) is 20.8 Å². The number of carbonyl (C=O) groups is 1. The number of carbonyl (C=O) groups excluding carboxylic acids is 1. The molecule has 0 aliphatic rings. The van der Waals surface area contributed by atoms with Crippen molar-refractivity contribution in [2.24, 2.45) is 0 Å². The van der Waals surface area contributed by atoms with Crippen LogP contribution in [-0.4, -0.2) is 18.5 Å². The van der Waals surface area contributed by atoms with Crippen molar-refractivity contribution in [3.63, 3.8) is 0 Å². The SMILES string of the molecule is CC(C)NCCC(=O)Nc1cc(Cl)c(Cl)cc1Cl. The molecular formula is C12H15Cl3N2O. The van der Waals surface area contributed by atoms with Crippen molar-refractivity contribution in [2.45, 2.75) is 26.3 Å². The van der Waals surface area contributed by atoms with Crippen LogP contribution in [0.4, 0.5) is 5.69 Å². The lowest BCUT2D eigenvalue weighted by Gasteiger charge is -2.10. The van der Waals surface area contributed by atoms with Crippen LogP contribution < -0.4 is 10.6 Å². The third-order valence-electron chi connectivity index (χ3n) is 2.19. The summed E-state index contributed by atoms with van der Waals surface area (Å²) in [6.45, 7) is 4.66. The molecule has 3 nitrogen and oxygen atoms in total. The van der Waals surface area contributed by atoms with Gasteiger partial charge in [-0.1, -0.05) is 48.7 Å². The Morgan fingerprint density at radius 3 is 2.39 bits per heavy atom. The van der Waals surface area contributed by atoms with Crippen LogP contribution in [0.3, 0.4) is 0 Å². The zero-order valence-electron chi connectivity index (χ0n) is 10.2. The summed E-state index contributed by atoms with van der Waals surface area (Å²) in [7, 11) is 0. The van der Waals surface area contributed by atoms with Gasteiger partial charge in [-0.05, 0) is 12.1 Å². The Kier molecular flexibility index (Phi) is 6.22. The molecule has 2 N–H and O–H groups in total. The van der Waals surface area contributed by atoms with E-state index >= 15 is 0 Å². The van der Waals surface area contributed by atoms with E-state index in [1.54, 1.807) is 6.07 Å². The van der Waals surface area contributed by atoms with Crippen molar-refractivity contribution < 1.29 is 4.79 Å². The smallest absolute Gasteiger partial charge is 0.225 e. The molecule has 1 amide bonds. The summed E-state index contributed by atoms with van der Waals surface area (Å²) in [6.07, 6.45) is 0.370. The fraction of sp³-hybridized carbons (Fsp3) is 0.417. The maximum atomic E-state index is 11.7. The molecule has 6 heteroatoms. The first kappa shape index (κ1) is 15.6. The Morgan fingerprint density at radius 1 is 1.17 bits per heavy atom. The highest BCUT2D eigenvalue weighted by molar-refractivity contribution is 6.44. The van der Waals surface area contributed by atoms with Crippen molar-refractivity contribution in [3.05, 3.63) is 27.2 Å². The molecular weight excluding hydrogens is 295 g/mol. The van der Waals surface area contributed by atoms with Crippen molar-refractivity contribution in [1.82, 2.24) is 5.32 Å². The summed E-state index contributed by atoms with van der Waals surface area (Å²) in [5.41, 5.74) is 0.473. The number of nitrogens with one attached hydrogen (secondary N) is 2. The van der Waals surface area contributed by atoms with E-state index in [0.717, 1.165) is 0 Å². The monoisotopic (exact) mass is 308 g/mol.